The number of hydrogen-bond donors (Lipinski definition) is 1. The molecule has 2 aliphatic heterocycles. The smallest absolute Gasteiger partial charge is 0.410 e. The molecular weight excluding hydrogens is 377 g/mol. The van der Waals surface area contributed by atoms with Crippen molar-refractivity contribution in [2.45, 2.75) is 58.1 Å². The maximum atomic E-state index is 14.9. The molecule has 3 amide bonds. The monoisotopic (exact) mass is 405 g/mol. The zero-order valence-electron chi connectivity index (χ0n) is 17.3. The Labute approximate surface area is 170 Å². The first-order valence-electron chi connectivity index (χ1n) is 9.93. The summed E-state index contributed by atoms with van der Waals surface area (Å²) in [6, 6.07) is 4.65. The third kappa shape index (κ3) is 4.86. The zero-order chi connectivity index (χ0) is 21.3. The number of imide groups is 1. The SMILES string of the molecule is C[C@H]1CN(c2ccc(C3CCC(=O)NC3=O)cc2F)CCN1C(=O)OC(C)(C)C. The van der Waals surface area contributed by atoms with Crippen molar-refractivity contribution in [1.82, 2.24) is 10.2 Å². The Balaban J connectivity index is 1.68. The molecule has 2 saturated heterocycles. The van der Waals surface area contributed by atoms with Crippen LogP contribution in [0.25, 0.3) is 0 Å². The van der Waals surface area contributed by atoms with Crippen LogP contribution in [0.4, 0.5) is 14.9 Å². The number of piperidine rings is 1. The summed E-state index contributed by atoms with van der Waals surface area (Å²) < 4.78 is 20.3. The van der Waals surface area contributed by atoms with Crippen LogP contribution in [0, 0.1) is 5.82 Å². The van der Waals surface area contributed by atoms with E-state index >= 15 is 0 Å². The van der Waals surface area contributed by atoms with E-state index in [0.717, 1.165) is 0 Å². The standard InChI is InChI=1S/C21H28FN3O4/c1-13-12-24(9-10-25(13)20(28)29-21(2,3)4)17-7-5-14(11-16(17)22)15-6-8-18(26)23-19(15)27/h5,7,11,13,15H,6,8-10,12H2,1-4H3,(H,23,26,27)/t13-,15?/m0/s1. The van der Waals surface area contributed by atoms with Gasteiger partial charge in [0.25, 0.3) is 0 Å². The average molecular weight is 405 g/mol. The first-order chi connectivity index (χ1) is 13.5. The summed E-state index contributed by atoms with van der Waals surface area (Å²) in [5, 5.41) is 2.30. The van der Waals surface area contributed by atoms with Crippen LogP contribution in [-0.4, -0.2) is 54.1 Å². The van der Waals surface area contributed by atoms with Crippen LogP contribution in [0.2, 0.25) is 0 Å². The van der Waals surface area contributed by atoms with Crippen molar-refractivity contribution in [2.75, 3.05) is 24.5 Å². The van der Waals surface area contributed by atoms with Crippen LogP contribution in [-0.2, 0) is 14.3 Å². The number of amides is 3. The maximum Gasteiger partial charge on any atom is 0.410 e. The second kappa shape index (κ2) is 8.00. The van der Waals surface area contributed by atoms with E-state index in [1.807, 2.05) is 32.6 Å². The molecule has 3 rings (SSSR count). The summed E-state index contributed by atoms with van der Waals surface area (Å²) in [6.45, 7) is 8.78. The second-order valence-corrected chi connectivity index (χ2v) is 8.68. The molecule has 0 spiro atoms. The van der Waals surface area contributed by atoms with Crippen LogP contribution in [0.1, 0.15) is 52.0 Å². The third-order valence-electron chi connectivity index (χ3n) is 5.21. The molecule has 1 aromatic carbocycles. The highest BCUT2D eigenvalue weighted by molar-refractivity contribution is 6.00. The lowest BCUT2D eigenvalue weighted by Crippen LogP contribution is -2.55. The number of carbonyl (C=O) groups excluding carboxylic acids is 3. The van der Waals surface area contributed by atoms with Gasteiger partial charge in [-0.05, 0) is 51.8 Å². The number of carbonyl (C=O) groups is 3. The van der Waals surface area contributed by atoms with Crippen molar-refractivity contribution in [3.05, 3.63) is 29.6 Å². The molecule has 0 saturated carbocycles. The number of hydrogen-bond acceptors (Lipinski definition) is 5. The van der Waals surface area contributed by atoms with Gasteiger partial charge in [-0.3, -0.25) is 14.9 Å². The van der Waals surface area contributed by atoms with Gasteiger partial charge in [-0.2, -0.15) is 0 Å². The molecule has 2 aliphatic rings. The molecule has 7 nitrogen and oxygen atoms in total. The van der Waals surface area contributed by atoms with E-state index in [9.17, 15) is 18.8 Å². The van der Waals surface area contributed by atoms with E-state index in [-0.39, 0.29) is 30.4 Å². The molecule has 0 radical (unpaired) electrons. The average Bonchev–Trinajstić information content (AvgIpc) is 2.60. The van der Waals surface area contributed by atoms with E-state index in [2.05, 4.69) is 5.32 Å². The summed E-state index contributed by atoms with van der Waals surface area (Å²) in [6.07, 6.45) is 0.275. The van der Waals surface area contributed by atoms with Gasteiger partial charge < -0.3 is 14.5 Å². The number of anilines is 1. The Kier molecular flexibility index (Phi) is 5.82. The summed E-state index contributed by atoms with van der Waals surface area (Å²) in [4.78, 5) is 39.3. The van der Waals surface area contributed by atoms with Crippen molar-refractivity contribution in [3.63, 3.8) is 0 Å². The van der Waals surface area contributed by atoms with Crippen molar-refractivity contribution in [1.29, 1.82) is 0 Å². The van der Waals surface area contributed by atoms with E-state index in [0.29, 0.717) is 37.3 Å². The minimum absolute atomic E-state index is 0.132. The fourth-order valence-corrected chi connectivity index (χ4v) is 3.78. The molecule has 0 aromatic heterocycles. The van der Waals surface area contributed by atoms with Gasteiger partial charge in [0, 0.05) is 32.1 Å². The normalized spacial score (nSPS) is 23.1. The van der Waals surface area contributed by atoms with E-state index < -0.39 is 17.3 Å². The predicted molar refractivity (Wildman–Crippen MR) is 106 cm³/mol. The van der Waals surface area contributed by atoms with Crippen LogP contribution >= 0.6 is 0 Å². The highest BCUT2D eigenvalue weighted by atomic mass is 19.1. The minimum atomic E-state index is -0.564. The topological polar surface area (TPSA) is 79.0 Å². The molecule has 2 heterocycles. The fraction of sp³-hybridized carbons (Fsp3) is 0.571. The van der Waals surface area contributed by atoms with Crippen LogP contribution in [0.15, 0.2) is 18.2 Å². The molecule has 1 aromatic rings. The van der Waals surface area contributed by atoms with Crippen LogP contribution in [0.3, 0.4) is 0 Å². The molecule has 29 heavy (non-hydrogen) atoms. The summed E-state index contributed by atoms with van der Waals surface area (Å²) in [7, 11) is 0. The van der Waals surface area contributed by atoms with Crippen molar-refractivity contribution >= 4 is 23.6 Å². The number of piperazine rings is 1. The molecule has 158 valence electrons. The van der Waals surface area contributed by atoms with Crippen LogP contribution < -0.4 is 10.2 Å². The highest BCUT2D eigenvalue weighted by Gasteiger charge is 2.32. The van der Waals surface area contributed by atoms with Gasteiger partial charge in [0.05, 0.1) is 11.6 Å². The number of halogens is 1. The lowest BCUT2D eigenvalue weighted by atomic mass is 9.90. The molecule has 2 fully saturated rings. The highest BCUT2D eigenvalue weighted by Crippen LogP contribution is 2.30. The molecule has 1 N–H and O–H groups in total. The van der Waals surface area contributed by atoms with Gasteiger partial charge in [-0.1, -0.05) is 6.07 Å². The third-order valence-corrected chi connectivity index (χ3v) is 5.21. The van der Waals surface area contributed by atoms with Crippen LogP contribution in [0.5, 0.6) is 0 Å². The van der Waals surface area contributed by atoms with Gasteiger partial charge >= 0.3 is 6.09 Å². The molecule has 1 unspecified atom stereocenters. The predicted octanol–water partition coefficient (Wildman–Crippen LogP) is 2.79. The number of rotatable bonds is 2. The number of nitrogens with one attached hydrogen (secondary N) is 1. The molecule has 8 heteroatoms. The Morgan fingerprint density at radius 3 is 2.55 bits per heavy atom. The van der Waals surface area contributed by atoms with E-state index in [1.165, 1.54) is 6.07 Å². The zero-order valence-corrected chi connectivity index (χ0v) is 17.3. The molecular formula is C21H28FN3O4. The fourth-order valence-electron chi connectivity index (χ4n) is 3.78. The van der Waals surface area contributed by atoms with E-state index in [1.54, 1.807) is 17.0 Å². The minimum Gasteiger partial charge on any atom is -0.444 e. The van der Waals surface area contributed by atoms with Crippen molar-refractivity contribution in [3.8, 4) is 0 Å². The summed E-state index contributed by atoms with van der Waals surface area (Å²) in [5.74, 6) is -1.60. The maximum absolute atomic E-state index is 14.9. The van der Waals surface area contributed by atoms with Gasteiger partial charge in [-0.15, -0.1) is 0 Å². The first kappa shape index (κ1) is 21.1. The largest absolute Gasteiger partial charge is 0.444 e. The molecule has 0 aliphatic carbocycles. The lowest BCUT2D eigenvalue weighted by Gasteiger charge is -2.41. The Morgan fingerprint density at radius 1 is 1.24 bits per heavy atom. The lowest BCUT2D eigenvalue weighted by molar-refractivity contribution is -0.134. The Hall–Kier alpha value is -2.64. The molecule has 0 bridgehead atoms. The van der Waals surface area contributed by atoms with Gasteiger partial charge in [-0.25, -0.2) is 9.18 Å². The first-order valence-corrected chi connectivity index (χ1v) is 9.93. The van der Waals surface area contributed by atoms with Gasteiger partial charge in [0.1, 0.15) is 11.4 Å². The second-order valence-electron chi connectivity index (χ2n) is 8.68. The number of ether oxygens (including phenoxy) is 1. The Morgan fingerprint density at radius 2 is 1.97 bits per heavy atom. The van der Waals surface area contributed by atoms with E-state index in [4.69, 9.17) is 4.74 Å². The van der Waals surface area contributed by atoms with Gasteiger partial charge in [0.2, 0.25) is 11.8 Å². The van der Waals surface area contributed by atoms with Crippen molar-refractivity contribution in [2.24, 2.45) is 0 Å². The summed E-state index contributed by atoms with van der Waals surface area (Å²) in [5.41, 5.74) is 0.444. The number of benzene rings is 1. The van der Waals surface area contributed by atoms with Gasteiger partial charge in [0.15, 0.2) is 0 Å². The number of nitrogens with zero attached hydrogens (tertiary/aromatic N) is 2. The summed E-state index contributed by atoms with van der Waals surface area (Å²) >= 11 is 0. The quantitative estimate of drug-likeness (QED) is 0.766. The Bertz CT molecular complexity index is 821. The van der Waals surface area contributed by atoms with Crippen molar-refractivity contribution < 1.29 is 23.5 Å². The molecule has 2 atom stereocenters.